The van der Waals surface area contributed by atoms with Gasteiger partial charge in [-0.3, -0.25) is 9.78 Å². The second-order valence-electron chi connectivity index (χ2n) is 4.88. The molecule has 0 bridgehead atoms. The van der Waals surface area contributed by atoms with Crippen molar-refractivity contribution in [2.24, 2.45) is 0 Å². The van der Waals surface area contributed by atoms with Gasteiger partial charge in [0.1, 0.15) is 11.5 Å². The smallest absolute Gasteiger partial charge is 0.269 e. The van der Waals surface area contributed by atoms with E-state index in [1.165, 1.54) is 12.1 Å². The maximum atomic E-state index is 12.9. The molecule has 5 heteroatoms. The summed E-state index contributed by atoms with van der Waals surface area (Å²) in [4.78, 5) is 15.6. The Morgan fingerprint density at radius 2 is 2.00 bits per heavy atom. The van der Waals surface area contributed by atoms with Crippen molar-refractivity contribution in [2.75, 3.05) is 12.4 Å². The summed E-state index contributed by atoms with van der Waals surface area (Å²) in [6.07, 6.45) is 2.36. The molecule has 2 rings (SSSR count). The van der Waals surface area contributed by atoms with E-state index in [1.807, 2.05) is 13.0 Å². The van der Waals surface area contributed by atoms with Crippen LogP contribution in [0.1, 0.15) is 23.0 Å². The van der Waals surface area contributed by atoms with Gasteiger partial charge in [-0.15, -0.1) is 0 Å². The SMILES string of the molecule is CNC(=O)c1cc(NC(C)Cc2ccc(F)cc2)ccn1. The molecule has 0 aliphatic heterocycles. The average Bonchev–Trinajstić information content (AvgIpc) is 2.49. The molecule has 0 aliphatic carbocycles. The molecule has 0 saturated carbocycles. The van der Waals surface area contributed by atoms with Gasteiger partial charge in [0.05, 0.1) is 0 Å². The molecule has 1 unspecified atom stereocenters. The third-order valence-electron chi connectivity index (χ3n) is 3.09. The summed E-state index contributed by atoms with van der Waals surface area (Å²) >= 11 is 0. The Bertz CT molecular complexity index is 613. The minimum absolute atomic E-state index is 0.149. The maximum Gasteiger partial charge on any atom is 0.269 e. The van der Waals surface area contributed by atoms with Gasteiger partial charge >= 0.3 is 0 Å². The summed E-state index contributed by atoms with van der Waals surface area (Å²) < 4.78 is 12.9. The number of aromatic nitrogens is 1. The number of halogens is 1. The number of nitrogens with one attached hydrogen (secondary N) is 2. The highest BCUT2D eigenvalue weighted by molar-refractivity contribution is 5.92. The van der Waals surface area contributed by atoms with E-state index >= 15 is 0 Å². The molecule has 1 atom stereocenters. The fraction of sp³-hybridized carbons (Fsp3) is 0.250. The van der Waals surface area contributed by atoms with E-state index in [0.717, 1.165) is 17.7 Å². The van der Waals surface area contributed by atoms with Crippen LogP contribution in [0, 0.1) is 5.82 Å². The molecule has 1 aromatic carbocycles. The van der Waals surface area contributed by atoms with Crippen molar-refractivity contribution < 1.29 is 9.18 Å². The summed E-state index contributed by atoms with van der Waals surface area (Å²) in [6.45, 7) is 2.03. The van der Waals surface area contributed by atoms with E-state index in [1.54, 1.807) is 31.4 Å². The van der Waals surface area contributed by atoms with Crippen molar-refractivity contribution >= 4 is 11.6 Å². The molecule has 1 heterocycles. The van der Waals surface area contributed by atoms with Gasteiger partial charge in [0.15, 0.2) is 0 Å². The molecule has 0 aliphatic rings. The normalized spacial score (nSPS) is 11.8. The van der Waals surface area contributed by atoms with E-state index in [2.05, 4.69) is 15.6 Å². The molecule has 4 nitrogen and oxygen atoms in total. The van der Waals surface area contributed by atoms with Crippen molar-refractivity contribution in [1.29, 1.82) is 0 Å². The first-order valence-electron chi connectivity index (χ1n) is 6.77. The largest absolute Gasteiger partial charge is 0.382 e. The van der Waals surface area contributed by atoms with Crippen molar-refractivity contribution in [3.63, 3.8) is 0 Å². The maximum absolute atomic E-state index is 12.9. The molecule has 0 fully saturated rings. The molecular weight excluding hydrogens is 269 g/mol. The fourth-order valence-electron chi connectivity index (χ4n) is 2.08. The number of hydrogen-bond acceptors (Lipinski definition) is 3. The van der Waals surface area contributed by atoms with Crippen LogP contribution in [0.2, 0.25) is 0 Å². The van der Waals surface area contributed by atoms with Gasteiger partial charge in [0.25, 0.3) is 5.91 Å². The number of anilines is 1. The molecule has 1 aromatic heterocycles. The lowest BCUT2D eigenvalue weighted by atomic mass is 10.1. The Morgan fingerprint density at radius 1 is 1.29 bits per heavy atom. The zero-order valence-corrected chi connectivity index (χ0v) is 12.1. The molecule has 0 radical (unpaired) electrons. The van der Waals surface area contributed by atoms with Crippen LogP contribution in [-0.2, 0) is 6.42 Å². The van der Waals surface area contributed by atoms with Crippen molar-refractivity contribution in [2.45, 2.75) is 19.4 Å². The summed E-state index contributed by atoms with van der Waals surface area (Å²) in [5.74, 6) is -0.450. The second kappa shape index (κ2) is 6.83. The van der Waals surface area contributed by atoms with Crippen LogP contribution >= 0.6 is 0 Å². The summed E-state index contributed by atoms with van der Waals surface area (Å²) in [7, 11) is 1.57. The zero-order chi connectivity index (χ0) is 15.2. The number of carbonyl (C=O) groups excluding carboxylic acids is 1. The molecule has 2 N–H and O–H groups in total. The minimum Gasteiger partial charge on any atom is -0.382 e. The van der Waals surface area contributed by atoms with Gasteiger partial charge in [-0.2, -0.15) is 0 Å². The Kier molecular flexibility index (Phi) is 4.87. The van der Waals surface area contributed by atoms with Gasteiger partial charge < -0.3 is 10.6 Å². The lowest BCUT2D eigenvalue weighted by Crippen LogP contribution is -2.21. The molecular formula is C16H18FN3O. The van der Waals surface area contributed by atoms with E-state index in [9.17, 15) is 9.18 Å². The van der Waals surface area contributed by atoms with Gasteiger partial charge in [0, 0.05) is 25.0 Å². The zero-order valence-electron chi connectivity index (χ0n) is 12.1. The molecule has 110 valence electrons. The highest BCUT2D eigenvalue weighted by Gasteiger charge is 2.08. The van der Waals surface area contributed by atoms with Crippen molar-refractivity contribution in [3.8, 4) is 0 Å². The van der Waals surface area contributed by atoms with E-state index in [-0.39, 0.29) is 17.8 Å². The van der Waals surface area contributed by atoms with E-state index in [0.29, 0.717) is 5.69 Å². The summed E-state index contributed by atoms with van der Waals surface area (Å²) in [5.41, 5.74) is 2.26. The number of hydrogen-bond donors (Lipinski definition) is 2. The van der Waals surface area contributed by atoms with Crippen LogP contribution in [0.15, 0.2) is 42.6 Å². The number of amides is 1. The van der Waals surface area contributed by atoms with Gasteiger partial charge in [0.2, 0.25) is 0 Å². The minimum atomic E-state index is -0.233. The lowest BCUT2D eigenvalue weighted by Gasteiger charge is -2.15. The Hall–Kier alpha value is -2.43. The lowest BCUT2D eigenvalue weighted by molar-refractivity contribution is 0.0958. The van der Waals surface area contributed by atoms with Gasteiger partial charge in [-0.1, -0.05) is 12.1 Å². The first-order chi connectivity index (χ1) is 10.1. The standard InChI is InChI=1S/C16H18FN3O/c1-11(9-12-3-5-13(17)6-4-12)20-14-7-8-19-15(10-14)16(21)18-2/h3-8,10-11H,9H2,1-2H3,(H,18,21)(H,19,20). The number of nitrogens with zero attached hydrogens (tertiary/aromatic N) is 1. The molecule has 1 amide bonds. The number of carbonyl (C=O) groups is 1. The molecule has 0 saturated heterocycles. The summed E-state index contributed by atoms with van der Waals surface area (Å²) in [6, 6.07) is 10.1. The van der Waals surface area contributed by atoms with E-state index < -0.39 is 0 Å². The summed E-state index contributed by atoms with van der Waals surface area (Å²) in [5, 5.41) is 5.85. The quantitative estimate of drug-likeness (QED) is 0.889. The van der Waals surface area contributed by atoms with Gasteiger partial charge in [-0.25, -0.2) is 4.39 Å². The number of rotatable bonds is 5. The Balaban J connectivity index is 2.00. The fourth-order valence-corrected chi connectivity index (χ4v) is 2.08. The third kappa shape index (κ3) is 4.27. The van der Waals surface area contributed by atoms with Crippen LogP contribution in [0.5, 0.6) is 0 Å². The van der Waals surface area contributed by atoms with Crippen LogP contribution < -0.4 is 10.6 Å². The predicted octanol–water partition coefficient (Wildman–Crippen LogP) is 2.62. The molecule has 2 aromatic rings. The van der Waals surface area contributed by atoms with Crippen LogP contribution in [0.25, 0.3) is 0 Å². The van der Waals surface area contributed by atoms with Crippen LogP contribution in [0.3, 0.4) is 0 Å². The number of benzene rings is 1. The predicted molar refractivity (Wildman–Crippen MR) is 80.8 cm³/mol. The number of pyridine rings is 1. The van der Waals surface area contributed by atoms with E-state index in [4.69, 9.17) is 0 Å². The topological polar surface area (TPSA) is 54.0 Å². The van der Waals surface area contributed by atoms with Gasteiger partial charge in [-0.05, 0) is 43.2 Å². The first-order valence-corrected chi connectivity index (χ1v) is 6.77. The molecule has 21 heavy (non-hydrogen) atoms. The van der Waals surface area contributed by atoms with Crippen molar-refractivity contribution in [1.82, 2.24) is 10.3 Å². The molecule has 0 spiro atoms. The van der Waals surface area contributed by atoms with Crippen LogP contribution in [-0.4, -0.2) is 24.0 Å². The first kappa shape index (κ1) is 15.0. The second-order valence-corrected chi connectivity index (χ2v) is 4.88. The Morgan fingerprint density at radius 3 is 2.67 bits per heavy atom. The Labute approximate surface area is 123 Å². The average molecular weight is 287 g/mol. The van der Waals surface area contributed by atoms with Crippen LogP contribution in [0.4, 0.5) is 10.1 Å². The monoisotopic (exact) mass is 287 g/mol. The highest BCUT2D eigenvalue weighted by Crippen LogP contribution is 2.12. The highest BCUT2D eigenvalue weighted by atomic mass is 19.1. The third-order valence-corrected chi connectivity index (χ3v) is 3.09. The van der Waals surface area contributed by atoms with Crippen molar-refractivity contribution in [3.05, 3.63) is 59.7 Å².